The third-order valence-corrected chi connectivity index (χ3v) is 3.05. The lowest BCUT2D eigenvalue weighted by molar-refractivity contribution is -0.885. The van der Waals surface area contributed by atoms with Crippen LogP contribution < -0.4 is 0 Å². The van der Waals surface area contributed by atoms with Gasteiger partial charge in [0.05, 0.1) is 19.6 Å². The number of quaternary nitrogens is 1. The van der Waals surface area contributed by atoms with Crippen molar-refractivity contribution in [1.82, 2.24) is 0 Å². The molecule has 0 bridgehead atoms. The van der Waals surface area contributed by atoms with Crippen LogP contribution in [0.15, 0.2) is 0 Å². The van der Waals surface area contributed by atoms with Crippen LogP contribution in [0.2, 0.25) is 0 Å². The zero-order chi connectivity index (χ0) is 9.57. The molecule has 1 heterocycles. The van der Waals surface area contributed by atoms with Gasteiger partial charge in [0, 0.05) is 0 Å². The Bertz CT molecular complexity index is 130. The van der Waals surface area contributed by atoms with Crippen LogP contribution in [0.3, 0.4) is 0 Å². The maximum absolute atomic E-state index is 12.0. The minimum absolute atomic E-state index is 0.115. The molecule has 1 aliphatic rings. The molecule has 0 amide bonds. The summed E-state index contributed by atoms with van der Waals surface area (Å²) in [5.41, 5.74) is 0. The Balaban J connectivity index is 2.10. The number of nitrogens with zero attached hydrogens (tertiary/aromatic N) is 1. The molecule has 0 spiro atoms. The van der Waals surface area contributed by atoms with Crippen molar-refractivity contribution in [1.29, 1.82) is 0 Å². The highest BCUT2D eigenvalue weighted by molar-refractivity contribution is 4.54. The summed E-state index contributed by atoms with van der Waals surface area (Å²) in [5.74, 6) is 0. The molecule has 0 aromatic heterocycles. The van der Waals surface area contributed by atoms with Crippen LogP contribution in [0, 0.1) is 5.21 Å². The summed E-state index contributed by atoms with van der Waals surface area (Å²) in [6.07, 6.45) is 8.51. The van der Waals surface area contributed by atoms with E-state index in [0.717, 1.165) is 38.9 Å². The van der Waals surface area contributed by atoms with E-state index in [9.17, 15) is 5.21 Å². The van der Waals surface area contributed by atoms with Crippen LogP contribution in [-0.4, -0.2) is 24.3 Å². The number of hydrogen-bond donors (Lipinski definition) is 0. The van der Waals surface area contributed by atoms with E-state index in [1.54, 1.807) is 0 Å². The topological polar surface area (TPSA) is 23.1 Å². The zero-order valence-electron chi connectivity index (χ0n) is 8.93. The molecule has 13 heavy (non-hydrogen) atoms. The Morgan fingerprint density at radius 2 is 1.69 bits per heavy atom. The van der Waals surface area contributed by atoms with E-state index in [0.29, 0.717) is 0 Å². The fourth-order valence-corrected chi connectivity index (χ4v) is 2.14. The lowest BCUT2D eigenvalue weighted by atomic mass is 10.1. The van der Waals surface area contributed by atoms with E-state index >= 15 is 0 Å². The first-order chi connectivity index (χ1) is 6.27. The molecule has 1 aliphatic heterocycles. The summed E-state index contributed by atoms with van der Waals surface area (Å²) in [7, 11) is 0. The average molecular weight is 185 g/mol. The zero-order valence-corrected chi connectivity index (χ0v) is 8.93. The number of piperidine rings is 1. The number of likely N-dealkylation sites (tertiary alicyclic amines) is 1. The van der Waals surface area contributed by atoms with Crippen LogP contribution in [0.5, 0.6) is 0 Å². The Morgan fingerprint density at radius 1 is 1.00 bits per heavy atom. The van der Waals surface area contributed by atoms with Gasteiger partial charge < -0.3 is 9.85 Å². The summed E-state index contributed by atoms with van der Waals surface area (Å²) in [6.45, 7) is 4.85. The van der Waals surface area contributed by atoms with Crippen LogP contribution in [0.25, 0.3) is 0 Å². The molecule has 0 atom stereocenters. The third kappa shape index (κ3) is 4.10. The van der Waals surface area contributed by atoms with Crippen molar-refractivity contribution in [3.63, 3.8) is 0 Å². The van der Waals surface area contributed by atoms with Crippen LogP contribution >= 0.6 is 0 Å². The predicted octanol–water partition coefficient (Wildman–Crippen LogP) is 3.07. The number of hydrogen-bond acceptors (Lipinski definition) is 1. The van der Waals surface area contributed by atoms with E-state index in [-0.39, 0.29) is 4.65 Å². The van der Waals surface area contributed by atoms with Gasteiger partial charge in [0.15, 0.2) is 0 Å². The standard InChI is InChI=1S/C11H23NO/c1-2-3-4-6-9-12(13)10-7-5-8-11-12/h2-11H2,1H3. The van der Waals surface area contributed by atoms with Gasteiger partial charge in [-0.05, 0) is 32.1 Å². The molecule has 0 N–H and O–H groups in total. The Hall–Kier alpha value is -0.0800. The Labute approximate surface area is 82.1 Å². The minimum atomic E-state index is 0.115. The average Bonchev–Trinajstić information content (AvgIpc) is 2.14. The molecule has 0 saturated carbocycles. The molecule has 0 aromatic rings. The summed E-state index contributed by atoms with van der Waals surface area (Å²) in [6, 6.07) is 0. The molecule has 0 unspecified atom stereocenters. The van der Waals surface area contributed by atoms with Gasteiger partial charge in [-0.25, -0.2) is 0 Å². The van der Waals surface area contributed by atoms with Gasteiger partial charge in [0.2, 0.25) is 0 Å². The van der Waals surface area contributed by atoms with Crippen molar-refractivity contribution in [2.75, 3.05) is 19.6 Å². The first-order valence-corrected chi connectivity index (χ1v) is 5.84. The number of rotatable bonds is 5. The summed E-state index contributed by atoms with van der Waals surface area (Å²) < 4.78 is 0.115. The van der Waals surface area contributed by atoms with Crippen molar-refractivity contribution >= 4 is 0 Å². The molecule has 0 radical (unpaired) electrons. The molecule has 1 fully saturated rings. The van der Waals surface area contributed by atoms with E-state index < -0.39 is 0 Å². The molecule has 2 heteroatoms. The lowest BCUT2D eigenvalue weighted by Crippen LogP contribution is -2.46. The quantitative estimate of drug-likeness (QED) is 0.367. The Morgan fingerprint density at radius 3 is 2.31 bits per heavy atom. The predicted molar refractivity (Wildman–Crippen MR) is 56.2 cm³/mol. The second kappa shape index (κ2) is 5.61. The summed E-state index contributed by atoms with van der Waals surface area (Å²) in [4.78, 5) is 0. The molecule has 78 valence electrons. The van der Waals surface area contributed by atoms with E-state index in [1.165, 1.54) is 25.7 Å². The number of unbranched alkanes of at least 4 members (excludes halogenated alkanes) is 3. The normalized spacial score (nSPS) is 21.7. The van der Waals surface area contributed by atoms with Gasteiger partial charge in [-0.2, -0.15) is 0 Å². The molecule has 2 nitrogen and oxygen atoms in total. The van der Waals surface area contributed by atoms with E-state index in [1.807, 2.05) is 0 Å². The highest BCUT2D eigenvalue weighted by atomic mass is 16.5. The van der Waals surface area contributed by atoms with Gasteiger partial charge in [0.1, 0.15) is 0 Å². The van der Waals surface area contributed by atoms with Gasteiger partial charge in [-0.15, -0.1) is 0 Å². The monoisotopic (exact) mass is 185 g/mol. The smallest absolute Gasteiger partial charge is 0.0783 e. The van der Waals surface area contributed by atoms with Crippen molar-refractivity contribution < 1.29 is 4.65 Å². The molecule has 1 saturated heterocycles. The second-order valence-electron chi connectivity index (χ2n) is 4.35. The Kier molecular flexibility index (Phi) is 4.74. The highest BCUT2D eigenvalue weighted by Gasteiger charge is 2.19. The van der Waals surface area contributed by atoms with Crippen LogP contribution in [0.1, 0.15) is 51.9 Å². The van der Waals surface area contributed by atoms with Crippen molar-refractivity contribution in [3.05, 3.63) is 5.21 Å². The summed E-state index contributed by atoms with van der Waals surface area (Å²) in [5, 5.41) is 12.0. The maximum Gasteiger partial charge on any atom is 0.0783 e. The SMILES string of the molecule is CCCCCC[N+]1([O-])CCCCC1. The van der Waals surface area contributed by atoms with Crippen molar-refractivity contribution in [3.8, 4) is 0 Å². The minimum Gasteiger partial charge on any atom is -0.633 e. The molecular formula is C11H23NO. The van der Waals surface area contributed by atoms with Gasteiger partial charge in [-0.3, -0.25) is 0 Å². The van der Waals surface area contributed by atoms with E-state index in [2.05, 4.69) is 6.92 Å². The molecular weight excluding hydrogens is 162 g/mol. The van der Waals surface area contributed by atoms with E-state index in [4.69, 9.17) is 0 Å². The number of hydroxylamine groups is 3. The highest BCUT2D eigenvalue weighted by Crippen LogP contribution is 2.18. The lowest BCUT2D eigenvalue weighted by Gasteiger charge is -2.45. The third-order valence-electron chi connectivity index (χ3n) is 3.05. The van der Waals surface area contributed by atoms with Gasteiger partial charge >= 0.3 is 0 Å². The summed E-state index contributed by atoms with van der Waals surface area (Å²) >= 11 is 0. The fraction of sp³-hybridized carbons (Fsp3) is 1.00. The van der Waals surface area contributed by atoms with Gasteiger partial charge in [-0.1, -0.05) is 19.8 Å². The first-order valence-electron chi connectivity index (χ1n) is 5.84. The largest absolute Gasteiger partial charge is 0.633 e. The van der Waals surface area contributed by atoms with Gasteiger partial charge in [0.25, 0.3) is 0 Å². The fourth-order valence-electron chi connectivity index (χ4n) is 2.14. The maximum atomic E-state index is 12.0. The van der Waals surface area contributed by atoms with Crippen LogP contribution in [-0.2, 0) is 0 Å². The first kappa shape index (κ1) is 11.0. The van der Waals surface area contributed by atoms with Crippen LogP contribution in [0.4, 0.5) is 0 Å². The molecule has 0 aromatic carbocycles. The van der Waals surface area contributed by atoms with Crippen molar-refractivity contribution in [2.45, 2.75) is 51.9 Å². The second-order valence-corrected chi connectivity index (χ2v) is 4.35. The molecule has 0 aliphatic carbocycles. The van der Waals surface area contributed by atoms with Crippen molar-refractivity contribution in [2.24, 2.45) is 0 Å². The molecule has 1 rings (SSSR count).